The molecule has 0 atom stereocenters. The van der Waals surface area contributed by atoms with E-state index >= 15 is 0 Å². The molecule has 1 aromatic carbocycles. The molecule has 0 saturated heterocycles. The maximum absolute atomic E-state index is 11.9. The number of benzene rings is 1. The molecule has 0 fully saturated rings. The van der Waals surface area contributed by atoms with E-state index in [0.717, 1.165) is 22.2 Å². The molecule has 1 aliphatic rings. The third-order valence-electron chi connectivity index (χ3n) is 2.86. The molecular formula is C13H16BrNO3. The molecule has 18 heavy (non-hydrogen) atoms. The van der Waals surface area contributed by atoms with Crippen molar-refractivity contribution in [1.82, 2.24) is 4.90 Å². The highest BCUT2D eigenvalue weighted by Gasteiger charge is 2.21. The number of amides is 1. The minimum atomic E-state index is 0.0263. The van der Waals surface area contributed by atoms with Crippen molar-refractivity contribution >= 4 is 21.8 Å². The third kappa shape index (κ3) is 3.23. The third-order valence-corrected chi connectivity index (χ3v) is 3.36. The summed E-state index contributed by atoms with van der Waals surface area (Å²) in [7, 11) is 1.67. The zero-order valence-corrected chi connectivity index (χ0v) is 11.9. The molecule has 1 aromatic rings. The number of halogens is 1. The minimum absolute atomic E-state index is 0.0263. The van der Waals surface area contributed by atoms with Crippen LogP contribution in [0.15, 0.2) is 22.7 Å². The van der Waals surface area contributed by atoms with Crippen LogP contribution in [-0.2, 0) is 16.1 Å². The van der Waals surface area contributed by atoms with Gasteiger partial charge in [0.1, 0.15) is 5.75 Å². The average molecular weight is 314 g/mol. The van der Waals surface area contributed by atoms with E-state index in [4.69, 9.17) is 9.47 Å². The monoisotopic (exact) mass is 313 g/mol. The molecule has 0 unspecified atom stereocenters. The highest BCUT2D eigenvalue weighted by Crippen LogP contribution is 2.26. The van der Waals surface area contributed by atoms with Gasteiger partial charge in [-0.25, -0.2) is 0 Å². The van der Waals surface area contributed by atoms with Crippen LogP contribution in [0.25, 0.3) is 0 Å². The van der Waals surface area contributed by atoms with E-state index in [1.54, 1.807) is 7.11 Å². The standard InChI is InChI=1S/C13H16BrNO3/c1-17-6-2-5-15-8-10-7-11(14)3-4-12(10)18-9-13(15)16/h3-4,7H,2,5-6,8-9H2,1H3. The zero-order valence-electron chi connectivity index (χ0n) is 10.3. The molecule has 1 amide bonds. The highest BCUT2D eigenvalue weighted by atomic mass is 79.9. The molecule has 0 spiro atoms. The molecular weight excluding hydrogens is 298 g/mol. The Kier molecular flexibility index (Phi) is 4.60. The summed E-state index contributed by atoms with van der Waals surface area (Å²) in [5.41, 5.74) is 1.03. The molecule has 0 saturated carbocycles. The molecule has 2 rings (SSSR count). The number of nitrogens with zero attached hydrogens (tertiary/aromatic N) is 1. The summed E-state index contributed by atoms with van der Waals surface area (Å²) in [6.45, 7) is 2.07. The maximum Gasteiger partial charge on any atom is 0.260 e. The summed E-state index contributed by atoms with van der Waals surface area (Å²) in [4.78, 5) is 13.7. The van der Waals surface area contributed by atoms with E-state index < -0.39 is 0 Å². The fourth-order valence-electron chi connectivity index (χ4n) is 1.94. The van der Waals surface area contributed by atoms with Gasteiger partial charge in [-0.05, 0) is 24.6 Å². The minimum Gasteiger partial charge on any atom is -0.483 e. The summed E-state index contributed by atoms with van der Waals surface area (Å²) in [5, 5.41) is 0. The Morgan fingerprint density at radius 2 is 2.33 bits per heavy atom. The molecule has 4 nitrogen and oxygen atoms in total. The fraction of sp³-hybridized carbons (Fsp3) is 0.462. The van der Waals surface area contributed by atoms with Crippen LogP contribution in [0, 0.1) is 0 Å². The molecule has 0 N–H and O–H groups in total. The van der Waals surface area contributed by atoms with Gasteiger partial charge in [-0.3, -0.25) is 4.79 Å². The van der Waals surface area contributed by atoms with Crippen molar-refractivity contribution in [2.45, 2.75) is 13.0 Å². The van der Waals surface area contributed by atoms with E-state index in [1.807, 2.05) is 23.1 Å². The second-order valence-electron chi connectivity index (χ2n) is 4.20. The van der Waals surface area contributed by atoms with Crippen LogP contribution in [0.5, 0.6) is 5.75 Å². The van der Waals surface area contributed by atoms with Crippen LogP contribution in [0.3, 0.4) is 0 Å². The lowest BCUT2D eigenvalue weighted by Crippen LogP contribution is -2.33. The smallest absolute Gasteiger partial charge is 0.260 e. The Morgan fingerprint density at radius 3 is 3.11 bits per heavy atom. The van der Waals surface area contributed by atoms with Crippen molar-refractivity contribution in [1.29, 1.82) is 0 Å². The summed E-state index contributed by atoms with van der Waals surface area (Å²) in [6, 6.07) is 5.81. The fourth-order valence-corrected chi connectivity index (χ4v) is 2.35. The summed E-state index contributed by atoms with van der Waals surface area (Å²) >= 11 is 3.44. The van der Waals surface area contributed by atoms with E-state index in [9.17, 15) is 4.79 Å². The van der Waals surface area contributed by atoms with E-state index in [2.05, 4.69) is 15.9 Å². The van der Waals surface area contributed by atoms with Crippen molar-refractivity contribution in [2.75, 3.05) is 26.9 Å². The first-order valence-corrected chi connectivity index (χ1v) is 6.68. The van der Waals surface area contributed by atoms with Gasteiger partial charge in [-0.2, -0.15) is 0 Å². The van der Waals surface area contributed by atoms with Gasteiger partial charge in [0.25, 0.3) is 5.91 Å². The van der Waals surface area contributed by atoms with Gasteiger partial charge in [0.15, 0.2) is 6.61 Å². The maximum atomic E-state index is 11.9. The molecule has 0 bridgehead atoms. The molecule has 5 heteroatoms. The average Bonchev–Trinajstić information content (AvgIpc) is 2.50. The van der Waals surface area contributed by atoms with Crippen molar-refractivity contribution in [3.63, 3.8) is 0 Å². The first-order chi connectivity index (χ1) is 8.70. The van der Waals surface area contributed by atoms with Crippen LogP contribution in [0.2, 0.25) is 0 Å². The molecule has 98 valence electrons. The Hall–Kier alpha value is -1.07. The highest BCUT2D eigenvalue weighted by molar-refractivity contribution is 9.10. The van der Waals surface area contributed by atoms with Crippen molar-refractivity contribution in [3.05, 3.63) is 28.2 Å². The molecule has 1 aliphatic heterocycles. The molecule has 1 heterocycles. The summed E-state index contributed by atoms with van der Waals surface area (Å²) in [6.07, 6.45) is 0.839. The van der Waals surface area contributed by atoms with Crippen LogP contribution >= 0.6 is 15.9 Å². The van der Waals surface area contributed by atoms with Gasteiger partial charge in [-0.15, -0.1) is 0 Å². The van der Waals surface area contributed by atoms with Crippen LogP contribution in [0.1, 0.15) is 12.0 Å². The first kappa shape index (κ1) is 13.4. The number of carbonyl (C=O) groups excluding carboxylic acids is 1. The van der Waals surface area contributed by atoms with Gasteiger partial charge in [-0.1, -0.05) is 15.9 Å². The number of rotatable bonds is 4. The molecule has 0 aromatic heterocycles. The van der Waals surface area contributed by atoms with Gasteiger partial charge in [0, 0.05) is 36.8 Å². The van der Waals surface area contributed by atoms with Gasteiger partial charge >= 0.3 is 0 Å². The Balaban J connectivity index is 2.10. The van der Waals surface area contributed by atoms with Gasteiger partial charge < -0.3 is 14.4 Å². The lowest BCUT2D eigenvalue weighted by molar-refractivity contribution is -0.133. The Bertz CT molecular complexity index is 436. The normalized spacial score (nSPS) is 15.0. The lowest BCUT2D eigenvalue weighted by atomic mass is 10.2. The number of hydrogen-bond acceptors (Lipinski definition) is 3. The molecule has 0 aliphatic carbocycles. The van der Waals surface area contributed by atoms with Crippen molar-refractivity contribution < 1.29 is 14.3 Å². The first-order valence-electron chi connectivity index (χ1n) is 5.88. The van der Waals surface area contributed by atoms with Crippen molar-refractivity contribution in [2.24, 2.45) is 0 Å². The van der Waals surface area contributed by atoms with Crippen LogP contribution < -0.4 is 4.74 Å². The lowest BCUT2D eigenvalue weighted by Gasteiger charge is -2.19. The predicted molar refractivity (Wildman–Crippen MR) is 71.5 cm³/mol. The van der Waals surface area contributed by atoms with Crippen LogP contribution in [0.4, 0.5) is 0 Å². The summed E-state index contributed by atoms with van der Waals surface area (Å²) < 4.78 is 11.5. The SMILES string of the molecule is COCCCN1Cc2cc(Br)ccc2OCC1=O. The number of carbonyl (C=O) groups is 1. The number of hydrogen-bond donors (Lipinski definition) is 0. The van der Waals surface area contributed by atoms with E-state index in [-0.39, 0.29) is 12.5 Å². The van der Waals surface area contributed by atoms with Gasteiger partial charge in [0.05, 0.1) is 0 Å². The Labute approximate surface area is 115 Å². The number of fused-ring (bicyclic) bond motifs is 1. The Morgan fingerprint density at radius 1 is 1.50 bits per heavy atom. The second kappa shape index (κ2) is 6.20. The van der Waals surface area contributed by atoms with Crippen LogP contribution in [-0.4, -0.2) is 37.7 Å². The summed E-state index contributed by atoms with van der Waals surface area (Å²) in [5.74, 6) is 0.819. The predicted octanol–water partition coefficient (Wildman–Crippen LogP) is 2.21. The quantitative estimate of drug-likeness (QED) is 0.800. The molecule has 0 radical (unpaired) electrons. The van der Waals surface area contributed by atoms with E-state index in [1.165, 1.54) is 0 Å². The van der Waals surface area contributed by atoms with Gasteiger partial charge in [0.2, 0.25) is 0 Å². The number of methoxy groups -OCH3 is 1. The number of ether oxygens (including phenoxy) is 2. The topological polar surface area (TPSA) is 38.8 Å². The second-order valence-corrected chi connectivity index (χ2v) is 5.12. The zero-order chi connectivity index (χ0) is 13.0. The van der Waals surface area contributed by atoms with E-state index in [0.29, 0.717) is 19.7 Å². The van der Waals surface area contributed by atoms with Crippen molar-refractivity contribution in [3.8, 4) is 5.75 Å². The largest absolute Gasteiger partial charge is 0.483 e.